The molecule has 0 bridgehead atoms. The molecule has 0 aromatic carbocycles. The van der Waals surface area contributed by atoms with Gasteiger partial charge in [-0.2, -0.15) is 9.37 Å². The van der Waals surface area contributed by atoms with Gasteiger partial charge in [-0.1, -0.05) is 0 Å². The first-order valence-corrected chi connectivity index (χ1v) is 9.19. The fourth-order valence-corrected chi connectivity index (χ4v) is 3.62. The zero-order valence-electron chi connectivity index (χ0n) is 15.5. The molecule has 28 heavy (non-hydrogen) atoms. The molecule has 2 aromatic rings. The lowest BCUT2D eigenvalue weighted by Crippen LogP contribution is -2.42. The van der Waals surface area contributed by atoms with Crippen LogP contribution in [-0.2, 0) is 9.63 Å². The average Bonchev–Trinajstić information content (AvgIpc) is 3.24. The minimum atomic E-state index is -0.599. The van der Waals surface area contributed by atoms with Gasteiger partial charge in [0.05, 0.1) is 26.0 Å². The largest absolute Gasteiger partial charge is 0.479 e. The van der Waals surface area contributed by atoms with Crippen LogP contribution in [0.2, 0.25) is 0 Å². The van der Waals surface area contributed by atoms with Crippen LogP contribution in [0.4, 0.5) is 10.3 Å². The molecular formula is C18H21FN6O3. The highest BCUT2D eigenvalue weighted by atomic mass is 19.1. The molecule has 0 saturated carbocycles. The number of hydrogen-bond acceptors (Lipinski definition) is 8. The van der Waals surface area contributed by atoms with Crippen LogP contribution in [0, 0.1) is 11.7 Å². The Morgan fingerprint density at radius 3 is 2.68 bits per heavy atom. The van der Waals surface area contributed by atoms with Crippen molar-refractivity contribution in [3.8, 4) is 5.88 Å². The van der Waals surface area contributed by atoms with E-state index in [0.29, 0.717) is 38.5 Å². The van der Waals surface area contributed by atoms with Crippen molar-refractivity contribution < 1.29 is 18.8 Å². The quantitative estimate of drug-likeness (QED) is 0.779. The molecule has 0 spiro atoms. The van der Waals surface area contributed by atoms with Crippen molar-refractivity contribution in [3.63, 3.8) is 0 Å². The topological polar surface area (TPSA) is 93.6 Å². The second-order valence-electron chi connectivity index (χ2n) is 6.76. The van der Waals surface area contributed by atoms with E-state index in [1.807, 2.05) is 4.90 Å². The van der Waals surface area contributed by atoms with E-state index in [9.17, 15) is 9.18 Å². The summed E-state index contributed by atoms with van der Waals surface area (Å²) in [7, 11) is 1.37. The van der Waals surface area contributed by atoms with Gasteiger partial charge in [0.25, 0.3) is 5.88 Å². The molecular weight excluding hydrogens is 367 g/mol. The number of anilines is 1. The zero-order valence-corrected chi connectivity index (χ0v) is 15.5. The first kappa shape index (κ1) is 18.5. The number of rotatable bonds is 4. The standard InChI is InChI=1S/C18H21FN6O3/c1-27-16-14(19)10-22-18(23-16)24-5-2-12(3-6-24)17(26)25-15(4-7-28-25)13-8-20-11-21-9-13/h8-12,15H,2-7H2,1H3/t15-/m0/s1. The first-order valence-electron chi connectivity index (χ1n) is 9.19. The second-order valence-corrected chi connectivity index (χ2v) is 6.76. The number of piperidine rings is 1. The molecule has 9 nitrogen and oxygen atoms in total. The van der Waals surface area contributed by atoms with Crippen LogP contribution in [0.1, 0.15) is 30.9 Å². The molecule has 1 atom stereocenters. The van der Waals surface area contributed by atoms with E-state index in [1.54, 1.807) is 12.4 Å². The van der Waals surface area contributed by atoms with Crippen LogP contribution >= 0.6 is 0 Å². The summed E-state index contributed by atoms with van der Waals surface area (Å²) in [6.45, 7) is 1.68. The van der Waals surface area contributed by atoms with Gasteiger partial charge in [-0.3, -0.25) is 9.63 Å². The molecule has 0 radical (unpaired) electrons. The van der Waals surface area contributed by atoms with Gasteiger partial charge in [0.2, 0.25) is 17.7 Å². The molecule has 2 fully saturated rings. The second kappa shape index (κ2) is 8.01. The molecule has 0 N–H and O–H groups in total. The van der Waals surface area contributed by atoms with Crippen LogP contribution in [0.5, 0.6) is 5.88 Å². The van der Waals surface area contributed by atoms with Crippen LogP contribution in [0.25, 0.3) is 0 Å². The first-order chi connectivity index (χ1) is 13.7. The Bertz CT molecular complexity index is 831. The number of amides is 1. The molecule has 1 amide bonds. The molecule has 2 saturated heterocycles. The van der Waals surface area contributed by atoms with Gasteiger partial charge in [-0.25, -0.2) is 20.0 Å². The number of carbonyl (C=O) groups excluding carboxylic acids is 1. The Hall–Kier alpha value is -2.88. The maximum Gasteiger partial charge on any atom is 0.255 e. The van der Waals surface area contributed by atoms with Gasteiger partial charge < -0.3 is 9.64 Å². The SMILES string of the molecule is COc1nc(N2CCC(C(=O)N3OCC[C@H]3c3cncnc3)CC2)ncc1F. The summed E-state index contributed by atoms with van der Waals surface area (Å²) in [5, 5.41) is 1.48. The van der Waals surface area contributed by atoms with Crippen LogP contribution < -0.4 is 9.64 Å². The Kier molecular flexibility index (Phi) is 5.29. The predicted molar refractivity (Wildman–Crippen MR) is 95.7 cm³/mol. The van der Waals surface area contributed by atoms with Crippen LogP contribution in [-0.4, -0.2) is 57.7 Å². The van der Waals surface area contributed by atoms with Crippen molar-refractivity contribution in [1.29, 1.82) is 0 Å². The number of hydroxylamine groups is 2. The Morgan fingerprint density at radius 2 is 1.96 bits per heavy atom. The number of hydrogen-bond donors (Lipinski definition) is 0. The number of aromatic nitrogens is 4. The predicted octanol–water partition coefficient (Wildman–Crippen LogP) is 1.54. The lowest BCUT2D eigenvalue weighted by atomic mass is 9.95. The summed E-state index contributed by atoms with van der Waals surface area (Å²) in [5.74, 6) is -0.451. The van der Waals surface area contributed by atoms with E-state index >= 15 is 0 Å². The van der Waals surface area contributed by atoms with Crippen molar-refractivity contribution in [2.75, 3.05) is 31.7 Å². The fraction of sp³-hybridized carbons (Fsp3) is 0.500. The number of ether oxygens (including phenoxy) is 1. The molecule has 148 valence electrons. The van der Waals surface area contributed by atoms with Gasteiger partial charge in [-0.05, 0) is 12.8 Å². The smallest absolute Gasteiger partial charge is 0.255 e. The Balaban J connectivity index is 1.40. The summed E-state index contributed by atoms with van der Waals surface area (Å²) in [4.78, 5) is 36.8. The molecule has 4 heterocycles. The lowest BCUT2D eigenvalue weighted by molar-refractivity contribution is -0.182. The van der Waals surface area contributed by atoms with Gasteiger partial charge >= 0.3 is 0 Å². The number of carbonyl (C=O) groups is 1. The summed E-state index contributed by atoms with van der Waals surface area (Å²) >= 11 is 0. The molecule has 4 rings (SSSR count). The molecule has 2 aliphatic rings. The fourth-order valence-electron chi connectivity index (χ4n) is 3.62. The third-order valence-electron chi connectivity index (χ3n) is 5.11. The molecule has 0 aliphatic carbocycles. The van der Waals surface area contributed by atoms with Crippen molar-refractivity contribution >= 4 is 11.9 Å². The summed E-state index contributed by atoms with van der Waals surface area (Å²) in [5.41, 5.74) is 0.873. The third kappa shape index (κ3) is 3.59. The van der Waals surface area contributed by atoms with Crippen LogP contribution in [0.3, 0.4) is 0 Å². The maximum absolute atomic E-state index is 13.5. The minimum absolute atomic E-state index is 0.0244. The minimum Gasteiger partial charge on any atom is -0.479 e. The average molecular weight is 388 g/mol. The van der Waals surface area contributed by atoms with E-state index in [-0.39, 0.29) is 23.7 Å². The van der Waals surface area contributed by atoms with E-state index in [4.69, 9.17) is 9.57 Å². The van der Waals surface area contributed by atoms with Gasteiger partial charge in [-0.15, -0.1) is 0 Å². The van der Waals surface area contributed by atoms with Crippen LogP contribution in [0.15, 0.2) is 24.9 Å². The maximum atomic E-state index is 13.5. The van der Waals surface area contributed by atoms with Gasteiger partial charge in [0, 0.05) is 43.4 Å². The van der Waals surface area contributed by atoms with Crippen molar-refractivity contribution in [1.82, 2.24) is 25.0 Å². The number of halogens is 1. The van der Waals surface area contributed by atoms with E-state index < -0.39 is 5.82 Å². The molecule has 0 unspecified atom stereocenters. The highest BCUT2D eigenvalue weighted by Crippen LogP contribution is 2.33. The third-order valence-corrected chi connectivity index (χ3v) is 5.11. The number of methoxy groups -OCH3 is 1. The summed E-state index contributed by atoms with van der Waals surface area (Å²) in [6, 6.07) is -0.156. The van der Waals surface area contributed by atoms with Crippen molar-refractivity contribution in [2.45, 2.75) is 25.3 Å². The highest BCUT2D eigenvalue weighted by Gasteiger charge is 2.37. The normalized spacial score (nSPS) is 20.4. The van der Waals surface area contributed by atoms with Crippen molar-refractivity contribution in [3.05, 3.63) is 36.3 Å². The highest BCUT2D eigenvalue weighted by molar-refractivity contribution is 5.78. The molecule has 10 heteroatoms. The zero-order chi connectivity index (χ0) is 19.5. The van der Waals surface area contributed by atoms with Gasteiger partial charge in [0.1, 0.15) is 6.33 Å². The monoisotopic (exact) mass is 388 g/mol. The Morgan fingerprint density at radius 1 is 1.21 bits per heavy atom. The van der Waals surface area contributed by atoms with Gasteiger partial charge in [0.15, 0.2) is 0 Å². The molecule has 2 aromatic heterocycles. The van der Waals surface area contributed by atoms with E-state index in [0.717, 1.165) is 18.2 Å². The summed E-state index contributed by atoms with van der Waals surface area (Å²) in [6.07, 6.45) is 8.00. The van der Waals surface area contributed by atoms with E-state index in [2.05, 4.69) is 19.9 Å². The number of nitrogens with zero attached hydrogens (tertiary/aromatic N) is 6. The molecule has 2 aliphatic heterocycles. The lowest BCUT2D eigenvalue weighted by Gasteiger charge is -2.34. The van der Waals surface area contributed by atoms with E-state index in [1.165, 1.54) is 18.5 Å². The van der Waals surface area contributed by atoms with Crippen molar-refractivity contribution in [2.24, 2.45) is 5.92 Å². The Labute approximate surface area is 161 Å². The summed E-state index contributed by atoms with van der Waals surface area (Å²) < 4.78 is 18.4.